The Balaban J connectivity index is 1.19. The van der Waals surface area contributed by atoms with Gasteiger partial charge < -0.3 is 19.9 Å². The normalized spacial score (nSPS) is 18.9. The number of nitrogens with one attached hydrogen (secondary N) is 1. The van der Waals surface area contributed by atoms with Crippen molar-refractivity contribution in [2.75, 3.05) is 18.5 Å². The van der Waals surface area contributed by atoms with Gasteiger partial charge in [-0.1, -0.05) is 25.1 Å². The SMILES string of the molecule is CC(CC1COC(c2ccc(C(=O)Nc3ccc(C#N)cc3)cc2)OC1)C(O)(Cn1cncn1)c1ccc(F)cc1F. The summed E-state index contributed by atoms with van der Waals surface area (Å²) in [5, 5.41) is 27.5. The van der Waals surface area contributed by atoms with E-state index in [-0.39, 0.29) is 23.9 Å². The predicted molar refractivity (Wildman–Crippen MR) is 148 cm³/mol. The van der Waals surface area contributed by atoms with Crippen LogP contribution in [0.2, 0.25) is 0 Å². The van der Waals surface area contributed by atoms with E-state index in [1.54, 1.807) is 55.5 Å². The van der Waals surface area contributed by atoms with Crippen molar-refractivity contribution in [3.8, 4) is 6.07 Å². The summed E-state index contributed by atoms with van der Waals surface area (Å²) in [5.74, 6) is -2.44. The minimum absolute atomic E-state index is 0.0225. The third-order valence-electron chi connectivity index (χ3n) is 7.45. The first-order chi connectivity index (χ1) is 20.2. The number of nitrogens with zero attached hydrogens (tertiary/aromatic N) is 4. The van der Waals surface area contributed by atoms with Crippen LogP contribution in [0.1, 0.15) is 46.7 Å². The highest BCUT2D eigenvalue weighted by Gasteiger charge is 2.40. The van der Waals surface area contributed by atoms with Crippen LogP contribution in [0.15, 0.2) is 79.4 Å². The molecule has 2 heterocycles. The van der Waals surface area contributed by atoms with E-state index >= 15 is 0 Å². The van der Waals surface area contributed by atoms with E-state index in [0.29, 0.717) is 36.4 Å². The Morgan fingerprint density at radius 1 is 1.14 bits per heavy atom. The molecule has 0 radical (unpaired) electrons. The lowest BCUT2D eigenvalue weighted by Crippen LogP contribution is -2.41. The van der Waals surface area contributed by atoms with Crippen molar-refractivity contribution in [2.24, 2.45) is 11.8 Å². The third-order valence-corrected chi connectivity index (χ3v) is 7.45. The number of carbonyl (C=O) groups excluding carboxylic acids is 1. The van der Waals surface area contributed by atoms with Crippen LogP contribution in [-0.4, -0.2) is 39.0 Å². The lowest BCUT2D eigenvalue weighted by molar-refractivity contribution is -0.210. The summed E-state index contributed by atoms with van der Waals surface area (Å²) in [6.45, 7) is 2.40. The van der Waals surface area contributed by atoms with Gasteiger partial charge in [-0.05, 0) is 54.8 Å². The molecule has 1 aliphatic heterocycles. The van der Waals surface area contributed by atoms with Gasteiger partial charge in [-0.15, -0.1) is 0 Å². The molecule has 1 aromatic heterocycles. The second kappa shape index (κ2) is 12.6. The molecule has 4 aromatic rings. The summed E-state index contributed by atoms with van der Waals surface area (Å²) < 4.78 is 41.8. The minimum Gasteiger partial charge on any atom is -0.383 e. The average Bonchev–Trinajstić information content (AvgIpc) is 3.50. The Bertz CT molecular complexity index is 1550. The zero-order chi connectivity index (χ0) is 29.7. The Morgan fingerprint density at radius 3 is 2.48 bits per heavy atom. The molecular formula is C31H29F2N5O4. The van der Waals surface area contributed by atoms with Gasteiger partial charge in [-0.3, -0.25) is 4.79 Å². The Morgan fingerprint density at radius 2 is 1.86 bits per heavy atom. The van der Waals surface area contributed by atoms with Gasteiger partial charge in [0, 0.05) is 34.4 Å². The van der Waals surface area contributed by atoms with E-state index in [2.05, 4.69) is 15.4 Å². The second-order valence-corrected chi connectivity index (χ2v) is 10.4. The molecule has 1 aliphatic rings. The molecule has 2 atom stereocenters. The Labute approximate surface area is 241 Å². The quantitative estimate of drug-likeness (QED) is 0.290. The number of hydrogen-bond acceptors (Lipinski definition) is 7. The van der Waals surface area contributed by atoms with E-state index in [0.717, 1.165) is 17.7 Å². The number of hydrogen-bond donors (Lipinski definition) is 2. The molecule has 2 N–H and O–H groups in total. The number of ether oxygens (including phenoxy) is 2. The largest absolute Gasteiger partial charge is 0.383 e. The Kier molecular flexibility index (Phi) is 8.68. The van der Waals surface area contributed by atoms with Crippen molar-refractivity contribution < 1.29 is 28.2 Å². The maximum absolute atomic E-state index is 14.8. The maximum Gasteiger partial charge on any atom is 0.255 e. The monoisotopic (exact) mass is 573 g/mol. The van der Waals surface area contributed by atoms with E-state index in [4.69, 9.17) is 14.7 Å². The van der Waals surface area contributed by atoms with Crippen LogP contribution in [0.4, 0.5) is 14.5 Å². The first kappa shape index (κ1) is 29.0. The number of anilines is 1. The van der Waals surface area contributed by atoms with Gasteiger partial charge in [0.25, 0.3) is 5.91 Å². The van der Waals surface area contributed by atoms with Crippen molar-refractivity contribution >= 4 is 11.6 Å². The Hall–Kier alpha value is -4.50. The van der Waals surface area contributed by atoms with E-state index in [1.165, 1.54) is 23.4 Å². The van der Waals surface area contributed by atoms with Gasteiger partial charge in [0.05, 0.1) is 31.4 Å². The fourth-order valence-electron chi connectivity index (χ4n) is 5.10. The molecule has 0 saturated carbocycles. The first-order valence-corrected chi connectivity index (χ1v) is 13.4. The molecule has 3 aromatic carbocycles. The molecule has 216 valence electrons. The molecule has 0 spiro atoms. The van der Waals surface area contributed by atoms with Crippen LogP contribution in [0.5, 0.6) is 0 Å². The van der Waals surface area contributed by atoms with Gasteiger partial charge in [0.15, 0.2) is 6.29 Å². The van der Waals surface area contributed by atoms with Crippen LogP contribution < -0.4 is 5.32 Å². The molecule has 0 bridgehead atoms. The minimum atomic E-state index is -1.70. The number of aliphatic hydroxyl groups is 1. The molecule has 1 amide bonds. The number of carbonyl (C=O) groups is 1. The molecule has 11 heteroatoms. The first-order valence-electron chi connectivity index (χ1n) is 13.4. The zero-order valence-corrected chi connectivity index (χ0v) is 22.8. The predicted octanol–water partition coefficient (Wildman–Crippen LogP) is 4.96. The summed E-state index contributed by atoms with van der Waals surface area (Å²) >= 11 is 0. The van der Waals surface area contributed by atoms with Crippen LogP contribution >= 0.6 is 0 Å². The number of aromatic nitrogens is 3. The van der Waals surface area contributed by atoms with E-state index < -0.39 is 29.4 Å². The van der Waals surface area contributed by atoms with Gasteiger partial charge >= 0.3 is 0 Å². The van der Waals surface area contributed by atoms with Gasteiger partial charge in [0.1, 0.15) is 29.9 Å². The van der Waals surface area contributed by atoms with Crippen LogP contribution in [0.3, 0.4) is 0 Å². The summed E-state index contributed by atoms with van der Waals surface area (Å²) in [5.41, 5.74) is 0.559. The number of halogens is 2. The summed E-state index contributed by atoms with van der Waals surface area (Å²) in [7, 11) is 0. The van der Waals surface area contributed by atoms with E-state index in [9.17, 15) is 18.7 Å². The number of amides is 1. The van der Waals surface area contributed by atoms with Gasteiger partial charge in [0.2, 0.25) is 0 Å². The van der Waals surface area contributed by atoms with Gasteiger partial charge in [-0.25, -0.2) is 18.4 Å². The summed E-state index contributed by atoms with van der Waals surface area (Å²) in [4.78, 5) is 16.5. The number of benzene rings is 3. The number of rotatable bonds is 9. The van der Waals surface area contributed by atoms with Crippen molar-refractivity contribution in [3.05, 3.63) is 113 Å². The molecule has 0 aliphatic carbocycles. The van der Waals surface area contributed by atoms with Crippen LogP contribution in [-0.2, 0) is 21.6 Å². The summed E-state index contributed by atoms with van der Waals surface area (Å²) in [6.07, 6.45) is 2.56. The van der Waals surface area contributed by atoms with Crippen molar-refractivity contribution in [1.82, 2.24) is 14.8 Å². The van der Waals surface area contributed by atoms with Crippen LogP contribution in [0, 0.1) is 34.8 Å². The lowest BCUT2D eigenvalue weighted by Gasteiger charge is -2.38. The molecule has 1 saturated heterocycles. The molecule has 9 nitrogen and oxygen atoms in total. The fraction of sp³-hybridized carbons (Fsp3) is 0.290. The second-order valence-electron chi connectivity index (χ2n) is 10.4. The van der Waals surface area contributed by atoms with Crippen molar-refractivity contribution in [2.45, 2.75) is 31.8 Å². The standard InChI is InChI=1S/C31H29F2N5O4/c1-20(31(40,17-38-19-35-18-36-38)27-11-8-25(32)13-28(27)33)12-22-15-41-30(42-16-22)24-6-4-23(5-7-24)29(39)37-26-9-2-21(14-34)3-10-26/h2-11,13,18-20,22,30,40H,12,15-17H2,1H3,(H,37,39). The molecule has 42 heavy (non-hydrogen) atoms. The average molecular weight is 574 g/mol. The van der Waals surface area contributed by atoms with Crippen molar-refractivity contribution in [3.63, 3.8) is 0 Å². The highest BCUT2D eigenvalue weighted by molar-refractivity contribution is 6.04. The smallest absolute Gasteiger partial charge is 0.255 e. The van der Waals surface area contributed by atoms with E-state index in [1.807, 2.05) is 6.07 Å². The molecular weight excluding hydrogens is 544 g/mol. The third kappa shape index (κ3) is 6.52. The maximum atomic E-state index is 14.8. The highest BCUT2D eigenvalue weighted by Crippen LogP contribution is 2.38. The molecule has 5 rings (SSSR count). The fourth-order valence-corrected chi connectivity index (χ4v) is 5.10. The van der Waals surface area contributed by atoms with Gasteiger partial charge in [-0.2, -0.15) is 10.4 Å². The van der Waals surface area contributed by atoms with Crippen LogP contribution in [0.25, 0.3) is 0 Å². The highest BCUT2D eigenvalue weighted by atomic mass is 19.1. The zero-order valence-electron chi connectivity index (χ0n) is 22.8. The number of nitriles is 1. The van der Waals surface area contributed by atoms with Crippen molar-refractivity contribution in [1.29, 1.82) is 5.26 Å². The topological polar surface area (TPSA) is 122 Å². The molecule has 1 fully saturated rings. The molecule has 2 unspecified atom stereocenters. The lowest BCUT2D eigenvalue weighted by atomic mass is 9.77. The summed E-state index contributed by atoms with van der Waals surface area (Å²) in [6, 6.07) is 18.6.